The van der Waals surface area contributed by atoms with Crippen molar-refractivity contribution in [1.29, 1.82) is 0 Å². The number of phenolic OH excluding ortho intramolecular Hbond substituents is 1. The van der Waals surface area contributed by atoms with Gasteiger partial charge in [-0.3, -0.25) is 0 Å². The molecule has 0 saturated carbocycles. The number of phenols is 1. The fourth-order valence-corrected chi connectivity index (χ4v) is 5.10. The molecule has 0 amide bonds. The van der Waals surface area contributed by atoms with E-state index in [0.29, 0.717) is 12.5 Å². The van der Waals surface area contributed by atoms with Gasteiger partial charge in [0.25, 0.3) is 0 Å². The zero-order valence-electron chi connectivity index (χ0n) is 20.2. The van der Waals surface area contributed by atoms with Gasteiger partial charge < -0.3 is 29.2 Å². The van der Waals surface area contributed by atoms with E-state index < -0.39 is 11.6 Å². The molecule has 0 spiro atoms. The second kappa shape index (κ2) is 11.0. The van der Waals surface area contributed by atoms with Crippen LogP contribution in [0, 0.1) is 11.7 Å². The minimum Gasteiger partial charge on any atom is -0.508 e. The molecule has 2 aromatic heterocycles. The van der Waals surface area contributed by atoms with Crippen molar-refractivity contribution in [3.05, 3.63) is 60.2 Å². The van der Waals surface area contributed by atoms with Gasteiger partial charge >= 0.3 is 0 Å². The Morgan fingerprint density at radius 1 is 1.22 bits per heavy atom. The molecule has 5 rings (SSSR count). The lowest BCUT2D eigenvalue weighted by Crippen LogP contribution is -2.35. The van der Waals surface area contributed by atoms with Crippen molar-refractivity contribution in [3.63, 3.8) is 0 Å². The van der Waals surface area contributed by atoms with Gasteiger partial charge in [-0.1, -0.05) is 5.21 Å². The number of rotatable bonds is 10. The molecule has 2 saturated heterocycles. The van der Waals surface area contributed by atoms with E-state index in [1.807, 2.05) is 6.20 Å². The first-order chi connectivity index (χ1) is 17.5. The first kappa shape index (κ1) is 24.8. The van der Waals surface area contributed by atoms with Crippen LogP contribution >= 0.6 is 0 Å². The Morgan fingerprint density at radius 3 is 2.83 bits per heavy atom. The number of likely N-dealkylation sites (tertiary alicyclic amines) is 1. The van der Waals surface area contributed by atoms with E-state index in [0.717, 1.165) is 57.1 Å². The van der Waals surface area contributed by atoms with Crippen LogP contribution in [-0.4, -0.2) is 78.6 Å². The zero-order chi connectivity index (χ0) is 25.0. The summed E-state index contributed by atoms with van der Waals surface area (Å²) in [6.45, 7) is 4.21. The Balaban J connectivity index is 1.19. The van der Waals surface area contributed by atoms with Crippen molar-refractivity contribution in [3.8, 4) is 5.75 Å². The zero-order valence-corrected chi connectivity index (χ0v) is 20.2. The quantitative estimate of drug-likeness (QED) is 0.435. The molecule has 11 heteroatoms. The minimum absolute atomic E-state index is 0.159. The molecular formula is C25H33FN6O4. The van der Waals surface area contributed by atoms with Crippen molar-refractivity contribution < 1.29 is 24.1 Å². The maximum Gasteiger partial charge on any atom is 0.216 e. The van der Waals surface area contributed by atoms with E-state index in [2.05, 4.69) is 20.2 Å². The molecule has 2 fully saturated rings. The predicted molar refractivity (Wildman–Crippen MR) is 127 cm³/mol. The fourth-order valence-electron chi connectivity index (χ4n) is 5.10. The number of piperidine rings is 1. The number of ether oxygens (including phenoxy) is 2. The molecule has 0 radical (unpaired) electrons. The molecule has 0 aliphatic carbocycles. The van der Waals surface area contributed by atoms with Crippen LogP contribution in [0.1, 0.15) is 30.5 Å². The number of hydrogen-bond donors (Lipinski definition) is 2. The molecular weight excluding hydrogens is 467 g/mol. The molecule has 194 valence electrons. The van der Waals surface area contributed by atoms with Crippen LogP contribution in [0.4, 0.5) is 4.39 Å². The number of aliphatic hydroxyl groups excluding tert-OH is 1. The molecule has 4 heterocycles. The van der Waals surface area contributed by atoms with Crippen LogP contribution in [0.2, 0.25) is 0 Å². The van der Waals surface area contributed by atoms with Crippen molar-refractivity contribution in [2.75, 3.05) is 32.8 Å². The van der Waals surface area contributed by atoms with E-state index in [1.165, 1.54) is 12.1 Å². The molecule has 2 aliphatic heterocycles. The number of benzene rings is 1. The van der Waals surface area contributed by atoms with E-state index in [4.69, 9.17) is 14.6 Å². The third kappa shape index (κ3) is 5.75. The molecule has 2 N–H and O–H groups in total. The van der Waals surface area contributed by atoms with Gasteiger partial charge in [0.1, 0.15) is 17.7 Å². The van der Waals surface area contributed by atoms with Gasteiger partial charge in [0, 0.05) is 49.8 Å². The van der Waals surface area contributed by atoms with Crippen LogP contribution in [0.15, 0.2) is 43.1 Å². The summed E-state index contributed by atoms with van der Waals surface area (Å²) in [5, 5.41) is 27.4. The highest BCUT2D eigenvalue weighted by atomic mass is 19.1. The lowest BCUT2D eigenvalue weighted by Gasteiger charge is -2.31. The van der Waals surface area contributed by atoms with E-state index in [-0.39, 0.29) is 37.2 Å². The van der Waals surface area contributed by atoms with Crippen LogP contribution in [0.5, 0.6) is 5.75 Å². The maximum absolute atomic E-state index is 14.8. The Labute approximate surface area is 209 Å². The van der Waals surface area contributed by atoms with E-state index in [1.54, 1.807) is 28.0 Å². The number of aliphatic hydroxyl groups is 1. The van der Waals surface area contributed by atoms with Crippen molar-refractivity contribution in [2.24, 2.45) is 5.92 Å². The standard InChI is InChI=1S/C25H33FN6O4/c26-24-13-21(34)1-2-23(24)25(17-31-11-7-27-18-31)35-16-22(36-25)15-32-14-20(28-29-32)5-10-30-8-3-19(4-9-30)6-12-33/h1-2,7,11,13-14,18-19,22,33-34H,3-6,8-10,12,15-17H2/t22-,25-/m0/s1. The number of aromatic hydroxyl groups is 1. The highest BCUT2D eigenvalue weighted by Crippen LogP contribution is 2.38. The number of hydrogen-bond acceptors (Lipinski definition) is 8. The number of imidazole rings is 1. The largest absolute Gasteiger partial charge is 0.508 e. The Hall–Kier alpha value is -2.86. The first-order valence-electron chi connectivity index (χ1n) is 12.5. The molecule has 36 heavy (non-hydrogen) atoms. The third-order valence-electron chi connectivity index (χ3n) is 7.08. The molecule has 2 atom stereocenters. The van der Waals surface area contributed by atoms with Gasteiger partial charge in [0.15, 0.2) is 0 Å². The molecule has 0 unspecified atom stereocenters. The first-order valence-corrected chi connectivity index (χ1v) is 12.5. The van der Waals surface area contributed by atoms with Gasteiger partial charge in [-0.15, -0.1) is 5.10 Å². The van der Waals surface area contributed by atoms with Gasteiger partial charge in [-0.2, -0.15) is 0 Å². The topological polar surface area (TPSA) is 111 Å². The summed E-state index contributed by atoms with van der Waals surface area (Å²) in [5.41, 5.74) is 1.14. The number of aromatic nitrogens is 5. The summed E-state index contributed by atoms with van der Waals surface area (Å²) < 4.78 is 30.8. The monoisotopic (exact) mass is 500 g/mol. The van der Waals surface area contributed by atoms with E-state index >= 15 is 0 Å². The van der Waals surface area contributed by atoms with Gasteiger partial charge in [-0.25, -0.2) is 14.1 Å². The second-order valence-electron chi connectivity index (χ2n) is 9.68. The summed E-state index contributed by atoms with van der Waals surface area (Å²) in [6.07, 6.45) is 10.6. The summed E-state index contributed by atoms with van der Waals surface area (Å²) in [7, 11) is 0. The molecule has 10 nitrogen and oxygen atoms in total. The van der Waals surface area contributed by atoms with Crippen molar-refractivity contribution >= 4 is 0 Å². The van der Waals surface area contributed by atoms with Gasteiger partial charge in [0.2, 0.25) is 5.79 Å². The summed E-state index contributed by atoms with van der Waals surface area (Å²) in [5.74, 6) is -1.47. The minimum atomic E-state index is -1.35. The lowest BCUT2D eigenvalue weighted by atomic mass is 9.94. The number of nitrogens with zero attached hydrogens (tertiary/aromatic N) is 6. The maximum atomic E-state index is 14.8. The molecule has 1 aromatic carbocycles. The highest BCUT2D eigenvalue weighted by Gasteiger charge is 2.45. The molecule has 2 aliphatic rings. The van der Waals surface area contributed by atoms with Crippen molar-refractivity contribution in [2.45, 2.75) is 50.7 Å². The SMILES string of the molecule is OCCC1CCN(CCc2cn(C[C@H]3CO[C@](Cn4ccnc4)(c4ccc(O)cc4F)O3)nn2)CC1. The normalized spacial score (nSPS) is 23.4. The average Bonchev–Trinajstić information content (AvgIpc) is 3.62. The fraction of sp³-hybridized carbons (Fsp3) is 0.560. The highest BCUT2D eigenvalue weighted by molar-refractivity contribution is 5.31. The Kier molecular flexibility index (Phi) is 7.61. The second-order valence-corrected chi connectivity index (χ2v) is 9.68. The van der Waals surface area contributed by atoms with Crippen molar-refractivity contribution in [1.82, 2.24) is 29.4 Å². The summed E-state index contributed by atoms with van der Waals surface area (Å²) in [6, 6.07) is 3.97. The molecule has 0 bridgehead atoms. The summed E-state index contributed by atoms with van der Waals surface area (Å²) >= 11 is 0. The van der Waals surface area contributed by atoms with Crippen LogP contribution in [0.3, 0.4) is 0 Å². The lowest BCUT2D eigenvalue weighted by molar-refractivity contribution is -0.190. The van der Waals surface area contributed by atoms with Crippen LogP contribution in [0.25, 0.3) is 0 Å². The predicted octanol–water partition coefficient (Wildman–Crippen LogP) is 1.92. The van der Waals surface area contributed by atoms with Gasteiger partial charge in [-0.05, 0) is 50.4 Å². The Bertz CT molecular complexity index is 1120. The summed E-state index contributed by atoms with van der Waals surface area (Å²) in [4.78, 5) is 6.50. The van der Waals surface area contributed by atoms with Crippen LogP contribution < -0.4 is 0 Å². The molecule has 3 aromatic rings. The third-order valence-corrected chi connectivity index (χ3v) is 7.08. The number of halogens is 1. The van der Waals surface area contributed by atoms with Crippen LogP contribution in [-0.2, 0) is 34.8 Å². The Morgan fingerprint density at radius 2 is 2.08 bits per heavy atom. The smallest absolute Gasteiger partial charge is 0.216 e. The van der Waals surface area contributed by atoms with E-state index in [9.17, 15) is 9.50 Å². The average molecular weight is 501 g/mol. The van der Waals surface area contributed by atoms with Gasteiger partial charge in [0.05, 0.1) is 31.7 Å².